The Labute approximate surface area is 88.7 Å². The fraction of sp³-hybridized carbons (Fsp3) is 0.600. The summed E-state index contributed by atoms with van der Waals surface area (Å²) in [6.07, 6.45) is 1.92. The fourth-order valence-corrected chi connectivity index (χ4v) is 1.70. The van der Waals surface area contributed by atoms with Gasteiger partial charge in [0, 0.05) is 13.0 Å². The second-order valence-electron chi connectivity index (χ2n) is 3.73. The topological polar surface area (TPSA) is 73.1 Å². The number of carbonyl (C=O) groups is 1. The van der Waals surface area contributed by atoms with Gasteiger partial charge in [0.2, 0.25) is 0 Å². The van der Waals surface area contributed by atoms with Crippen LogP contribution in [-0.4, -0.2) is 45.7 Å². The number of aliphatic imine (C=N–C) groups is 1. The zero-order chi connectivity index (χ0) is 11.5. The first kappa shape index (κ1) is 11.7. The van der Waals surface area contributed by atoms with Gasteiger partial charge in [-0.25, -0.2) is 0 Å². The molecular formula is C10H16N2O3. The van der Waals surface area contributed by atoms with Crippen LogP contribution in [0.1, 0.15) is 19.8 Å². The van der Waals surface area contributed by atoms with Crippen LogP contribution in [0, 0.1) is 0 Å². The number of rotatable bonds is 5. The van der Waals surface area contributed by atoms with Gasteiger partial charge < -0.3 is 15.1 Å². The molecule has 0 aliphatic carbocycles. The fourth-order valence-electron chi connectivity index (χ4n) is 1.70. The van der Waals surface area contributed by atoms with Gasteiger partial charge in [0.1, 0.15) is 11.6 Å². The van der Waals surface area contributed by atoms with Crippen molar-refractivity contribution >= 4 is 11.8 Å². The van der Waals surface area contributed by atoms with Crippen LogP contribution in [0.2, 0.25) is 0 Å². The molecule has 15 heavy (non-hydrogen) atoms. The summed E-state index contributed by atoms with van der Waals surface area (Å²) in [4.78, 5) is 16.4. The van der Waals surface area contributed by atoms with Crippen molar-refractivity contribution in [2.24, 2.45) is 4.99 Å². The summed E-state index contributed by atoms with van der Waals surface area (Å²) < 4.78 is 0. The predicted octanol–water partition coefficient (Wildman–Crippen LogP) is 0.460. The lowest BCUT2D eigenvalue weighted by Crippen LogP contribution is -2.49. The van der Waals surface area contributed by atoms with E-state index >= 15 is 0 Å². The number of carboxylic acid groups (broad SMARTS) is 1. The van der Waals surface area contributed by atoms with E-state index in [0.717, 1.165) is 0 Å². The van der Waals surface area contributed by atoms with Gasteiger partial charge in [-0.2, -0.15) is 0 Å². The number of carboxylic acids is 1. The lowest BCUT2D eigenvalue weighted by Gasteiger charge is -2.34. The molecule has 84 valence electrons. The van der Waals surface area contributed by atoms with Gasteiger partial charge in [-0.1, -0.05) is 6.08 Å². The smallest absolute Gasteiger partial charge is 0.308 e. The molecule has 0 radical (unpaired) electrons. The largest absolute Gasteiger partial charge is 0.481 e. The highest BCUT2D eigenvalue weighted by atomic mass is 16.4. The van der Waals surface area contributed by atoms with E-state index < -0.39 is 11.7 Å². The summed E-state index contributed by atoms with van der Waals surface area (Å²) in [5.41, 5.74) is -1.37. The van der Waals surface area contributed by atoms with Crippen molar-refractivity contribution in [3.63, 3.8) is 0 Å². The summed E-state index contributed by atoms with van der Waals surface area (Å²) in [5.74, 6) is -0.318. The number of amidine groups is 1. The maximum Gasteiger partial charge on any atom is 0.308 e. The Morgan fingerprint density at radius 2 is 2.47 bits per heavy atom. The molecule has 1 rings (SSSR count). The Kier molecular flexibility index (Phi) is 3.47. The summed E-state index contributed by atoms with van der Waals surface area (Å²) in [6.45, 7) is 6.24. The average molecular weight is 212 g/mol. The molecular weight excluding hydrogens is 196 g/mol. The SMILES string of the molecule is C=CCC1=NCCN1C(C)(O)CC(=O)O. The number of aliphatic carboxylic acids is 1. The first-order valence-corrected chi connectivity index (χ1v) is 4.83. The molecule has 0 saturated carbocycles. The minimum absolute atomic E-state index is 0.316. The molecule has 0 saturated heterocycles. The zero-order valence-electron chi connectivity index (χ0n) is 8.81. The normalized spacial score (nSPS) is 19.6. The van der Waals surface area contributed by atoms with Crippen LogP contribution in [0.4, 0.5) is 0 Å². The highest BCUT2D eigenvalue weighted by molar-refractivity contribution is 5.86. The quantitative estimate of drug-likeness (QED) is 0.649. The van der Waals surface area contributed by atoms with E-state index in [0.29, 0.717) is 25.3 Å². The molecule has 0 aromatic rings. The van der Waals surface area contributed by atoms with Crippen molar-refractivity contribution in [2.45, 2.75) is 25.5 Å². The third kappa shape index (κ3) is 2.79. The average Bonchev–Trinajstić information content (AvgIpc) is 2.51. The second-order valence-corrected chi connectivity index (χ2v) is 3.73. The second kappa shape index (κ2) is 4.44. The van der Waals surface area contributed by atoms with Crippen LogP contribution in [0.25, 0.3) is 0 Å². The highest BCUT2D eigenvalue weighted by Crippen LogP contribution is 2.21. The molecule has 1 unspecified atom stereocenters. The molecule has 5 heteroatoms. The Morgan fingerprint density at radius 3 is 3.00 bits per heavy atom. The first-order valence-electron chi connectivity index (χ1n) is 4.83. The standard InChI is InChI=1S/C10H16N2O3/c1-3-4-8-11-5-6-12(8)10(2,15)7-9(13)14/h3,15H,1,4-7H2,2H3,(H,13,14). The van der Waals surface area contributed by atoms with Crippen molar-refractivity contribution in [2.75, 3.05) is 13.1 Å². The molecule has 2 N–H and O–H groups in total. The van der Waals surface area contributed by atoms with Gasteiger partial charge in [0.25, 0.3) is 0 Å². The van der Waals surface area contributed by atoms with Gasteiger partial charge in [0.15, 0.2) is 0 Å². The van der Waals surface area contributed by atoms with E-state index in [4.69, 9.17) is 5.11 Å². The summed E-state index contributed by atoms with van der Waals surface area (Å²) in [6, 6.07) is 0. The summed E-state index contributed by atoms with van der Waals surface area (Å²) in [7, 11) is 0. The number of nitrogens with zero attached hydrogens (tertiary/aromatic N) is 2. The van der Waals surface area contributed by atoms with Gasteiger partial charge in [-0.05, 0) is 6.92 Å². The van der Waals surface area contributed by atoms with E-state index in [-0.39, 0.29) is 6.42 Å². The van der Waals surface area contributed by atoms with E-state index in [2.05, 4.69) is 11.6 Å². The number of aliphatic hydroxyl groups is 1. The first-order chi connectivity index (χ1) is 6.97. The Hall–Kier alpha value is -1.36. The van der Waals surface area contributed by atoms with Crippen molar-refractivity contribution in [1.82, 2.24) is 4.90 Å². The van der Waals surface area contributed by atoms with Crippen LogP contribution in [0.3, 0.4) is 0 Å². The molecule has 1 heterocycles. The Bertz CT molecular complexity index is 297. The van der Waals surface area contributed by atoms with E-state index in [1.807, 2.05) is 0 Å². The summed E-state index contributed by atoms with van der Waals surface area (Å²) >= 11 is 0. The minimum Gasteiger partial charge on any atom is -0.481 e. The lowest BCUT2D eigenvalue weighted by atomic mass is 10.1. The molecule has 0 fully saturated rings. The molecule has 1 aliphatic rings. The number of hydrogen-bond donors (Lipinski definition) is 2. The van der Waals surface area contributed by atoms with Crippen LogP contribution in [0.5, 0.6) is 0 Å². The molecule has 0 spiro atoms. The highest BCUT2D eigenvalue weighted by Gasteiger charge is 2.35. The molecule has 0 bridgehead atoms. The van der Waals surface area contributed by atoms with E-state index in [1.54, 1.807) is 11.0 Å². The maximum atomic E-state index is 10.6. The molecule has 0 aromatic heterocycles. The van der Waals surface area contributed by atoms with Gasteiger partial charge in [0.05, 0.1) is 13.0 Å². The van der Waals surface area contributed by atoms with Crippen molar-refractivity contribution < 1.29 is 15.0 Å². The maximum absolute atomic E-state index is 10.6. The van der Waals surface area contributed by atoms with Crippen LogP contribution >= 0.6 is 0 Å². The van der Waals surface area contributed by atoms with Crippen LogP contribution < -0.4 is 0 Å². The summed E-state index contributed by atoms with van der Waals surface area (Å²) in [5, 5.41) is 18.7. The van der Waals surface area contributed by atoms with Gasteiger partial charge in [-0.15, -0.1) is 6.58 Å². The van der Waals surface area contributed by atoms with Crippen LogP contribution in [-0.2, 0) is 4.79 Å². The van der Waals surface area contributed by atoms with Crippen LogP contribution in [0.15, 0.2) is 17.6 Å². The molecule has 1 aliphatic heterocycles. The molecule has 0 amide bonds. The van der Waals surface area contributed by atoms with Crippen molar-refractivity contribution in [1.29, 1.82) is 0 Å². The van der Waals surface area contributed by atoms with Gasteiger partial charge in [-0.3, -0.25) is 9.79 Å². The number of hydrogen-bond acceptors (Lipinski definition) is 4. The third-order valence-corrected chi connectivity index (χ3v) is 2.32. The monoisotopic (exact) mass is 212 g/mol. The zero-order valence-corrected chi connectivity index (χ0v) is 8.81. The molecule has 5 nitrogen and oxygen atoms in total. The minimum atomic E-state index is -1.37. The Morgan fingerprint density at radius 1 is 1.80 bits per heavy atom. The predicted molar refractivity (Wildman–Crippen MR) is 56.7 cm³/mol. The molecule has 0 aromatic carbocycles. The lowest BCUT2D eigenvalue weighted by molar-refractivity contribution is -0.147. The van der Waals surface area contributed by atoms with Crippen molar-refractivity contribution in [3.8, 4) is 0 Å². The van der Waals surface area contributed by atoms with Crippen molar-refractivity contribution in [3.05, 3.63) is 12.7 Å². The Balaban J connectivity index is 2.73. The van der Waals surface area contributed by atoms with E-state index in [9.17, 15) is 9.90 Å². The third-order valence-electron chi connectivity index (χ3n) is 2.32. The van der Waals surface area contributed by atoms with E-state index in [1.165, 1.54) is 6.92 Å². The van der Waals surface area contributed by atoms with Gasteiger partial charge >= 0.3 is 5.97 Å². The molecule has 1 atom stereocenters.